The molecule has 0 unspecified atom stereocenters. The third kappa shape index (κ3) is 2.83. The molecule has 0 aliphatic rings. The predicted octanol–water partition coefficient (Wildman–Crippen LogP) is 2.00. The van der Waals surface area contributed by atoms with Crippen LogP contribution in [0.5, 0.6) is 5.88 Å². The Bertz CT molecular complexity index is 1010. The van der Waals surface area contributed by atoms with Crippen LogP contribution in [0, 0.1) is 0 Å². The summed E-state index contributed by atoms with van der Waals surface area (Å²) in [6.45, 7) is 0. The van der Waals surface area contributed by atoms with Gasteiger partial charge in [0.15, 0.2) is 5.03 Å². The maximum absolute atomic E-state index is 11.9. The number of pyridine rings is 1. The molecule has 2 N–H and O–H groups in total. The Morgan fingerprint density at radius 1 is 1.22 bits per heavy atom. The molecule has 0 bridgehead atoms. The highest BCUT2D eigenvalue weighted by Crippen LogP contribution is 2.35. The molecule has 23 heavy (non-hydrogen) atoms. The van der Waals surface area contributed by atoms with Crippen LogP contribution in [-0.4, -0.2) is 30.5 Å². The average molecular weight is 351 g/mol. The van der Waals surface area contributed by atoms with Crippen LogP contribution in [0.4, 0.5) is 0 Å². The minimum absolute atomic E-state index is 0.0297. The SMILES string of the molecule is COc1cnc(-c2c(Cl)ccc3cccnc23)c(S(N)(=O)=O)n1. The molecule has 0 amide bonds. The second kappa shape index (κ2) is 5.73. The maximum atomic E-state index is 11.9. The summed E-state index contributed by atoms with van der Waals surface area (Å²) in [5, 5.41) is 5.92. The van der Waals surface area contributed by atoms with Crippen molar-refractivity contribution in [1.29, 1.82) is 0 Å². The zero-order chi connectivity index (χ0) is 16.6. The van der Waals surface area contributed by atoms with Crippen molar-refractivity contribution in [3.63, 3.8) is 0 Å². The van der Waals surface area contributed by atoms with E-state index in [1.54, 1.807) is 24.4 Å². The van der Waals surface area contributed by atoms with Crippen LogP contribution in [0.2, 0.25) is 5.02 Å². The zero-order valence-electron chi connectivity index (χ0n) is 11.9. The van der Waals surface area contributed by atoms with E-state index in [0.717, 1.165) is 5.39 Å². The Morgan fingerprint density at radius 3 is 2.70 bits per heavy atom. The summed E-state index contributed by atoms with van der Waals surface area (Å²) in [6, 6.07) is 7.01. The fourth-order valence-electron chi connectivity index (χ4n) is 2.17. The van der Waals surface area contributed by atoms with Crippen LogP contribution in [0.15, 0.2) is 41.7 Å². The number of aromatic nitrogens is 3. The van der Waals surface area contributed by atoms with Crippen molar-refractivity contribution in [2.45, 2.75) is 5.03 Å². The van der Waals surface area contributed by atoms with E-state index in [4.69, 9.17) is 21.5 Å². The number of sulfonamides is 1. The summed E-state index contributed by atoms with van der Waals surface area (Å²) in [5.74, 6) is 0.0297. The number of halogens is 1. The van der Waals surface area contributed by atoms with Gasteiger partial charge in [-0.15, -0.1) is 0 Å². The van der Waals surface area contributed by atoms with Gasteiger partial charge in [-0.25, -0.2) is 18.5 Å². The number of primary sulfonamides is 1. The van der Waals surface area contributed by atoms with Crippen LogP contribution in [0.3, 0.4) is 0 Å². The highest BCUT2D eigenvalue weighted by Gasteiger charge is 2.23. The van der Waals surface area contributed by atoms with Crippen LogP contribution in [0.25, 0.3) is 22.2 Å². The molecule has 1 aromatic carbocycles. The van der Waals surface area contributed by atoms with Gasteiger partial charge in [0.05, 0.1) is 23.8 Å². The molecule has 0 saturated heterocycles. The molecule has 3 rings (SSSR count). The van der Waals surface area contributed by atoms with Crippen LogP contribution in [-0.2, 0) is 10.0 Å². The van der Waals surface area contributed by atoms with Gasteiger partial charge in [0.1, 0.15) is 5.69 Å². The van der Waals surface area contributed by atoms with Gasteiger partial charge in [0.25, 0.3) is 10.0 Å². The minimum Gasteiger partial charge on any atom is -0.480 e. The molecule has 0 radical (unpaired) electrons. The monoisotopic (exact) mass is 350 g/mol. The highest BCUT2D eigenvalue weighted by atomic mass is 35.5. The van der Waals surface area contributed by atoms with Gasteiger partial charge in [0, 0.05) is 17.1 Å². The van der Waals surface area contributed by atoms with E-state index in [9.17, 15) is 8.42 Å². The van der Waals surface area contributed by atoms with E-state index in [-0.39, 0.29) is 11.6 Å². The lowest BCUT2D eigenvalue weighted by atomic mass is 10.1. The maximum Gasteiger partial charge on any atom is 0.257 e. The quantitative estimate of drug-likeness (QED) is 0.774. The summed E-state index contributed by atoms with van der Waals surface area (Å²) in [7, 11) is -2.79. The molecule has 7 nitrogen and oxygen atoms in total. The first-order valence-corrected chi connectivity index (χ1v) is 8.31. The number of nitrogens with two attached hydrogens (primary N) is 1. The van der Waals surface area contributed by atoms with Gasteiger partial charge in [-0.05, 0) is 12.1 Å². The molecule has 3 aromatic rings. The number of benzene rings is 1. The third-order valence-corrected chi connectivity index (χ3v) is 4.30. The molecule has 0 saturated carbocycles. The van der Waals surface area contributed by atoms with E-state index in [2.05, 4.69) is 15.0 Å². The smallest absolute Gasteiger partial charge is 0.257 e. The summed E-state index contributed by atoms with van der Waals surface area (Å²) in [5.41, 5.74) is 0.885. The van der Waals surface area contributed by atoms with Gasteiger partial charge < -0.3 is 4.74 Å². The van der Waals surface area contributed by atoms with Gasteiger partial charge in [0.2, 0.25) is 5.88 Å². The van der Waals surface area contributed by atoms with E-state index < -0.39 is 15.0 Å². The number of methoxy groups -OCH3 is 1. The number of rotatable bonds is 3. The number of ether oxygens (including phenoxy) is 1. The molecular formula is C14H11ClN4O3S. The number of hydrogen-bond donors (Lipinski definition) is 1. The first kappa shape index (κ1) is 15.6. The Morgan fingerprint density at radius 2 is 2.00 bits per heavy atom. The van der Waals surface area contributed by atoms with E-state index in [1.807, 2.05) is 6.07 Å². The first-order chi connectivity index (χ1) is 10.9. The molecule has 0 fully saturated rings. The predicted molar refractivity (Wildman–Crippen MR) is 85.7 cm³/mol. The largest absolute Gasteiger partial charge is 0.480 e. The van der Waals surface area contributed by atoms with Crippen molar-refractivity contribution in [3.8, 4) is 17.1 Å². The Kier molecular flexibility index (Phi) is 3.88. The molecule has 9 heteroatoms. The molecule has 0 aliphatic heterocycles. The number of hydrogen-bond acceptors (Lipinski definition) is 6. The molecule has 2 heterocycles. The lowest BCUT2D eigenvalue weighted by Gasteiger charge is -2.11. The van der Waals surface area contributed by atoms with Gasteiger partial charge in [-0.1, -0.05) is 23.7 Å². The zero-order valence-corrected chi connectivity index (χ0v) is 13.5. The van der Waals surface area contributed by atoms with Gasteiger partial charge in [-0.3, -0.25) is 4.98 Å². The summed E-state index contributed by atoms with van der Waals surface area (Å²) in [4.78, 5) is 12.3. The molecule has 2 aromatic heterocycles. The highest BCUT2D eigenvalue weighted by molar-refractivity contribution is 7.89. The summed E-state index contributed by atoms with van der Waals surface area (Å²) >= 11 is 6.26. The lowest BCUT2D eigenvalue weighted by Crippen LogP contribution is -2.16. The average Bonchev–Trinajstić information content (AvgIpc) is 2.53. The van der Waals surface area contributed by atoms with Crippen LogP contribution in [0.1, 0.15) is 0 Å². The molecule has 118 valence electrons. The minimum atomic E-state index is -4.14. The Labute approximate surface area is 137 Å². The van der Waals surface area contributed by atoms with Gasteiger partial charge >= 0.3 is 0 Å². The fraction of sp³-hybridized carbons (Fsp3) is 0.0714. The van der Waals surface area contributed by atoms with Crippen molar-refractivity contribution < 1.29 is 13.2 Å². The normalized spacial score (nSPS) is 11.6. The third-order valence-electron chi connectivity index (χ3n) is 3.16. The second-order valence-corrected chi connectivity index (χ2v) is 6.49. The molecule has 0 spiro atoms. The van der Waals surface area contributed by atoms with Crippen LogP contribution < -0.4 is 9.88 Å². The Balaban J connectivity index is 2.42. The topological polar surface area (TPSA) is 108 Å². The summed E-state index contributed by atoms with van der Waals surface area (Å²) < 4.78 is 28.7. The van der Waals surface area contributed by atoms with E-state index in [1.165, 1.54) is 13.3 Å². The standard InChI is InChI=1S/C14H11ClN4O3S/c1-22-10-7-18-13(14(19-10)23(16,20)21)11-9(15)5-4-8-3-2-6-17-12(8)11/h2-7H,1H3,(H2,16,20,21). The van der Waals surface area contributed by atoms with E-state index in [0.29, 0.717) is 16.1 Å². The van der Waals surface area contributed by atoms with Crippen molar-refractivity contribution >= 4 is 32.5 Å². The molecular weight excluding hydrogens is 340 g/mol. The lowest BCUT2D eigenvalue weighted by molar-refractivity contribution is 0.391. The number of nitrogens with zero attached hydrogens (tertiary/aromatic N) is 3. The molecule has 0 aliphatic carbocycles. The van der Waals surface area contributed by atoms with E-state index >= 15 is 0 Å². The number of fused-ring (bicyclic) bond motifs is 1. The van der Waals surface area contributed by atoms with Gasteiger partial charge in [-0.2, -0.15) is 4.98 Å². The van der Waals surface area contributed by atoms with Crippen molar-refractivity contribution in [2.24, 2.45) is 5.14 Å². The summed E-state index contributed by atoms with van der Waals surface area (Å²) in [6.07, 6.45) is 2.87. The van der Waals surface area contributed by atoms with Crippen molar-refractivity contribution in [2.75, 3.05) is 7.11 Å². The Hall–Kier alpha value is -2.29. The van der Waals surface area contributed by atoms with Crippen molar-refractivity contribution in [3.05, 3.63) is 41.7 Å². The van der Waals surface area contributed by atoms with Crippen LogP contribution >= 0.6 is 11.6 Å². The first-order valence-electron chi connectivity index (χ1n) is 6.39. The van der Waals surface area contributed by atoms with Crippen molar-refractivity contribution in [1.82, 2.24) is 15.0 Å². The fourth-order valence-corrected chi connectivity index (χ4v) is 3.05. The second-order valence-electron chi connectivity index (χ2n) is 4.61. The molecule has 0 atom stereocenters.